The number of para-hydroxylation sites is 1. The second-order valence-corrected chi connectivity index (χ2v) is 7.75. The molecular formula is C21H18N4O3S. The topological polar surface area (TPSA) is 96.0 Å². The van der Waals surface area contributed by atoms with Crippen LogP contribution in [0.15, 0.2) is 71.0 Å². The first-order valence-corrected chi connectivity index (χ1v) is 9.90. The van der Waals surface area contributed by atoms with E-state index in [1.54, 1.807) is 6.21 Å². The lowest BCUT2D eigenvalue weighted by Crippen LogP contribution is -2.26. The second kappa shape index (κ2) is 8.32. The third-order valence-corrected chi connectivity index (χ3v) is 5.57. The number of thioether (sulfide) groups is 1. The molecule has 0 saturated carbocycles. The van der Waals surface area contributed by atoms with Crippen molar-refractivity contribution in [1.82, 2.24) is 9.88 Å². The maximum Gasteiger partial charge on any atom is 0.305 e. The number of amidine groups is 1. The van der Waals surface area contributed by atoms with E-state index in [0.29, 0.717) is 5.17 Å². The van der Waals surface area contributed by atoms with Crippen LogP contribution in [0.25, 0.3) is 10.9 Å². The monoisotopic (exact) mass is 406 g/mol. The van der Waals surface area contributed by atoms with E-state index in [0.717, 1.165) is 34.8 Å². The molecule has 2 N–H and O–H groups in total. The molecular weight excluding hydrogens is 388 g/mol. The molecule has 0 aliphatic carbocycles. The first-order valence-electron chi connectivity index (χ1n) is 9.02. The average molecular weight is 406 g/mol. The van der Waals surface area contributed by atoms with Crippen molar-refractivity contribution in [3.63, 3.8) is 0 Å². The summed E-state index contributed by atoms with van der Waals surface area (Å²) in [5.74, 6) is -1.38. The van der Waals surface area contributed by atoms with Crippen molar-refractivity contribution in [1.29, 1.82) is 0 Å². The van der Waals surface area contributed by atoms with Crippen LogP contribution >= 0.6 is 11.8 Å². The maximum absolute atomic E-state index is 11.8. The SMILES string of the molecule is O=C(O)CC1S/C(=N/N=C/c2cn(Cc3ccccc3)c3ccccc23)NC1=O. The van der Waals surface area contributed by atoms with Gasteiger partial charge >= 0.3 is 5.97 Å². The van der Waals surface area contributed by atoms with Gasteiger partial charge in [0.15, 0.2) is 5.17 Å². The number of carbonyl (C=O) groups is 2. The van der Waals surface area contributed by atoms with Gasteiger partial charge in [0.1, 0.15) is 5.25 Å². The van der Waals surface area contributed by atoms with Gasteiger partial charge in [0, 0.05) is 29.2 Å². The van der Waals surface area contributed by atoms with E-state index in [2.05, 4.69) is 38.3 Å². The third kappa shape index (κ3) is 4.38. The Balaban J connectivity index is 1.55. The number of aromatic nitrogens is 1. The summed E-state index contributed by atoms with van der Waals surface area (Å²) in [4.78, 5) is 22.6. The lowest BCUT2D eigenvalue weighted by molar-refractivity contribution is -0.138. The summed E-state index contributed by atoms with van der Waals surface area (Å²) in [6, 6.07) is 18.3. The minimum atomic E-state index is -1.02. The van der Waals surface area contributed by atoms with E-state index in [4.69, 9.17) is 5.11 Å². The quantitative estimate of drug-likeness (QED) is 0.486. The zero-order valence-electron chi connectivity index (χ0n) is 15.4. The summed E-state index contributed by atoms with van der Waals surface area (Å²) < 4.78 is 2.16. The van der Waals surface area contributed by atoms with Gasteiger partial charge in [-0.1, -0.05) is 60.3 Å². The highest BCUT2D eigenvalue weighted by atomic mass is 32.2. The molecule has 1 aliphatic rings. The van der Waals surface area contributed by atoms with Gasteiger partial charge in [-0.3, -0.25) is 9.59 Å². The standard InChI is InChI=1S/C21H18N4O3S/c26-19(27)10-18-20(28)23-21(29-18)24-22-11-15-13-25(12-14-6-2-1-3-7-14)17-9-5-4-8-16(15)17/h1-9,11,13,18H,10,12H2,(H,26,27)(H,23,24,28)/b22-11+. The number of hydrogen-bond donors (Lipinski definition) is 2. The largest absolute Gasteiger partial charge is 0.481 e. The molecule has 0 bridgehead atoms. The Kier molecular flexibility index (Phi) is 5.44. The van der Waals surface area contributed by atoms with Gasteiger partial charge in [-0.25, -0.2) is 0 Å². The summed E-state index contributed by atoms with van der Waals surface area (Å²) in [5, 5.41) is 20.3. The summed E-state index contributed by atoms with van der Waals surface area (Å²) in [5.41, 5.74) is 3.21. The third-order valence-electron chi connectivity index (χ3n) is 4.50. The molecule has 4 rings (SSSR count). The number of carbonyl (C=O) groups excluding carboxylic acids is 1. The van der Waals surface area contributed by atoms with Crippen LogP contribution in [-0.4, -0.2) is 38.2 Å². The molecule has 7 nitrogen and oxygen atoms in total. The van der Waals surface area contributed by atoms with Gasteiger partial charge in [-0.05, 0) is 11.6 Å². The van der Waals surface area contributed by atoms with Crippen molar-refractivity contribution < 1.29 is 14.7 Å². The van der Waals surface area contributed by atoms with Crippen LogP contribution < -0.4 is 5.32 Å². The molecule has 146 valence electrons. The molecule has 2 heterocycles. The van der Waals surface area contributed by atoms with E-state index in [9.17, 15) is 9.59 Å². The number of carboxylic acids is 1. The molecule has 1 unspecified atom stereocenters. The number of rotatable bonds is 6. The molecule has 1 saturated heterocycles. The van der Waals surface area contributed by atoms with Gasteiger partial charge in [-0.2, -0.15) is 5.10 Å². The Morgan fingerprint density at radius 1 is 1.17 bits per heavy atom. The zero-order chi connectivity index (χ0) is 20.2. The Morgan fingerprint density at radius 3 is 2.72 bits per heavy atom. The molecule has 1 fully saturated rings. The first kappa shape index (κ1) is 18.9. The Morgan fingerprint density at radius 2 is 1.93 bits per heavy atom. The molecule has 0 spiro atoms. The summed E-state index contributed by atoms with van der Waals surface area (Å²) in [7, 11) is 0. The van der Waals surface area contributed by atoms with Crippen LogP contribution in [0, 0.1) is 0 Å². The summed E-state index contributed by atoms with van der Waals surface area (Å²) in [6.45, 7) is 0.743. The van der Waals surface area contributed by atoms with Gasteiger partial charge in [0.25, 0.3) is 0 Å². The Hall–Kier alpha value is -3.39. The fourth-order valence-corrected chi connectivity index (χ4v) is 4.09. The molecule has 1 aromatic heterocycles. The van der Waals surface area contributed by atoms with E-state index in [-0.39, 0.29) is 12.3 Å². The van der Waals surface area contributed by atoms with Crippen molar-refractivity contribution in [3.8, 4) is 0 Å². The lowest BCUT2D eigenvalue weighted by Gasteiger charge is -2.05. The number of hydrogen-bond acceptors (Lipinski definition) is 5. The smallest absolute Gasteiger partial charge is 0.305 e. The van der Waals surface area contributed by atoms with Crippen LogP contribution in [0.4, 0.5) is 0 Å². The van der Waals surface area contributed by atoms with Gasteiger partial charge in [0.2, 0.25) is 5.91 Å². The second-order valence-electron chi connectivity index (χ2n) is 6.56. The predicted octanol–water partition coefficient (Wildman–Crippen LogP) is 3.09. The predicted molar refractivity (Wildman–Crippen MR) is 114 cm³/mol. The molecule has 0 radical (unpaired) electrons. The molecule has 1 atom stereocenters. The first-order chi connectivity index (χ1) is 14.1. The number of nitrogens with zero attached hydrogens (tertiary/aromatic N) is 3. The summed E-state index contributed by atoms with van der Waals surface area (Å²) >= 11 is 1.08. The normalized spacial score (nSPS) is 18.0. The highest BCUT2D eigenvalue weighted by molar-refractivity contribution is 8.15. The highest BCUT2D eigenvalue weighted by Crippen LogP contribution is 2.23. The molecule has 8 heteroatoms. The fraction of sp³-hybridized carbons (Fsp3) is 0.143. The van der Waals surface area contributed by atoms with Crippen LogP contribution in [-0.2, 0) is 16.1 Å². The number of aliphatic carboxylic acids is 1. The highest BCUT2D eigenvalue weighted by Gasteiger charge is 2.32. The number of amides is 1. The van der Waals surface area contributed by atoms with Gasteiger partial charge < -0.3 is 15.0 Å². The van der Waals surface area contributed by atoms with Crippen molar-refractivity contribution in [2.45, 2.75) is 18.2 Å². The molecule has 1 amide bonds. The Labute approximate surface area is 171 Å². The Bertz CT molecular complexity index is 1120. The number of benzene rings is 2. The zero-order valence-corrected chi connectivity index (χ0v) is 16.2. The van der Waals surface area contributed by atoms with E-state index >= 15 is 0 Å². The fourth-order valence-electron chi connectivity index (χ4n) is 3.18. The maximum atomic E-state index is 11.8. The molecule has 2 aromatic carbocycles. The van der Waals surface area contributed by atoms with Crippen molar-refractivity contribution in [2.24, 2.45) is 10.2 Å². The van der Waals surface area contributed by atoms with Crippen LogP contribution in [0.2, 0.25) is 0 Å². The van der Waals surface area contributed by atoms with Crippen molar-refractivity contribution in [2.75, 3.05) is 0 Å². The molecule has 29 heavy (non-hydrogen) atoms. The van der Waals surface area contributed by atoms with Crippen LogP contribution in [0.1, 0.15) is 17.5 Å². The van der Waals surface area contributed by atoms with E-state index < -0.39 is 11.2 Å². The number of carboxylic acid groups (broad SMARTS) is 1. The minimum Gasteiger partial charge on any atom is -0.481 e. The number of nitrogens with one attached hydrogen (secondary N) is 1. The average Bonchev–Trinajstić information content (AvgIpc) is 3.23. The van der Waals surface area contributed by atoms with Gasteiger partial charge in [0.05, 0.1) is 12.6 Å². The van der Waals surface area contributed by atoms with Gasteiger partial charge in [-0.15, -0.1) is 5.10 Å². The van der Waals surface area contributed by atoms with Crippen LogP contribution in [0.3, 0.4) is 0 Å². The van der Waals surface area contributed by atoms with E-state index in [1.807, 2.05) is 42.6 Å². The van der Waals surface area contributed by atoms with Crippen molar-refractivity contribution >= 4 is 45.9 Å². The summed E-state index contributed by atoms with van der Waals surface area (Å²) in [6.07, 6.45) is 3.43. The number of fused-ring (bicyclic) bond motifs is 1. The molecule has 1 aliphatic heterocycles. The van der Waals surface area contributed by atoms with Crippen molar-refractivity contribution in [3.05, 3.63) is 71.9 Å². The van der Waals surface area contributed by atoms with E-state index in [1.165, 1.54) is 5.56 Å². The lowest BCUT2D eigenvalue weighted by atomic mass is 10.2. The minimum absolute atomic E-state index is 0.244. The van der Waals surface area contributed by atoms with Crippen LogP contribution in [0.5, 0.6) is 0 Å². The molecule has 3 aromatic rings.